The Kier molecular flexibility index (Phi) is 3.59. The summed E-state index contributed by atoms with van der Waals surface area (Å²) in [5.74, 6) is -0.259. The van der Waals surface area contributed by atoms with Gasteiger partial charge in [-0.25, -0.2) is 0 Å². The van der Waals surface area contributed by atoms with Gasteiger partial charge in [0.05, 0.1) is 10.7 Å². The number of thiophene rings is 1. The maximum atomic E-state index is 12.0. The molecule has 1 aromatic carbocycles. The van der Waals surface area contributed by atoms with Gasteiger partial charge < -0.3 is 10.4 Å². The average molecular weight is 282 g/mol. The van der Waals surface area contributed by atoms with Crippen LogP contribution in [0.1, 0.15) is 20.8 Å². The van der Waals surface area contributed by atoms with Crippen LogP contribution in [0.15, 0.2) is 23.6 Å². The number of aryl methyl sites for hydroxylation is 2. The second-order valence-corrected chi connectivity index (χ2v) is 5.29. The molecule has 2 aromatic rings. The van der Waals surface area contributed by atoms with E-state index in [1.165, 1.54) is 11.3 Å². The fourth-order valence-electron chi connectivity index (χ4n) is 1.51. The standard InChI is InChI=1S/C13H12ClNO2S/c1-7-3-4-9(10(16)5-7)15-13(17)12-11(14)8(2)6-18-12/h3-6,16H,1-2H3,(H,15,17). The van der Waals surface area contributed by atoms with Crippen molar-refractivity contribution in [1.29, 1.82) is 0 Å². The molecule has 0 saturated heterocycles. The van der Waals surface area contributed by atoms with Gasteiger partial charge in [0, 0.05) is 0 Å². The van der Waals surface area contributed by atoms with Crippen LogP contribution in [-0.4, -0.2) is 11.0 Å². The SMILES string of the molecule is Cc1ccc(NC(=O)c2scc(C)c2Cl)c(O)c1. The Bertz CT molecular complexity index is 607. The largest absolute Gasteiger partial charge is 0.506 e. The molecule has 1 amide bonds. The fraction of sp³-hybridized carbons (Fsp3) is 0.154. The average Bonchev–Trinajstić information content (AvgIpc) is 2.64. The maximum Gasteiger partial charge on any atom is 0.267 e. The summed E-state index contributed by atoms with van der Waals surface area (Å²) in [5, 5.41) is 14.7. The first-order chi connectivity index (χ1) is 8.49. The zero-order chi connectivity index (χ0) is 13.3. The van der Waals surface area contributed by atoms with Gasteiger partial charge in [-0.2, -0.15) is 0 Å². The van der Waals surface area contributed by atoms with Crippen LogP contribution in [0.5, 0.6) is 5.75 Å². The molecule has 0 atom stereocenters. The van der Waals surface area contributed by atoms with Crippen LogP contribution >= 0.6 is 22.9 Å². The molecular weight excluding hydrogens is 270 g/mol. The molecule has 0 radical (unpaired) electrons. The van der Waals surface area contributed by atoms with Crippen molar-refractivity contribution >= 4 is 34.5 Å². The number of carbonyl (C=O) groups is 1. The summed E-state index contributed by atoms with van der Waals surface area (Å²) in [4.78, 5) is 12.4. The van der Waals surface area contributed by atoms with Crippen molar-refractivity contribution in [2.75, 3.05) is 5.32 Å². The number of carbonyl (C=O) groups excluding carboxylic acids is 1. The molecule has 18 heavy (non-hydrogen) atoms. The summed E-state index contributed by atoms with van der Waals surface area (Å²) in [6.07, 6.45) is 0. The van der Waals surface area contributed by atoms with Gasteiger partial charge in [-0.05, 0) is 42.5 Å². The smallest absolute Gasteiger partial charge is 0.267 e. The summed E-state index contributed by atoms with van der Waals surface area (Å²) in [7, 11) is 0. The summed E-state index contributed by atoms with van der Waals surface area (Å²) < 4.78 is 0. The highest BCUT2D eigenvalue weighted by Gasteiger charge is 2.15. The minimum atomic E-state index is -0.308. The van der Waals surface area contributed by atoms with E-state index in [9.17, 15) is 9.90 Å². The Morgan fingerprint density at radius 1 is 1.39 bits per heavy atom. The van der Waals surface area contributed by atoms with Crippen molar-refractivity contribution in [2.45, 2.75) is 13.8 Å². The highest BCUT2D eigenvalue weighted by molar-refractivity contribution is 7.13. The van der Waals surface area contributed by atoms with Crippen LogP contribution in [0.2, 0.25) is 5.02 Å². The Morgan fingerprint density at radius 2 is 2.11 bits per heavy atom. The van der Waals surface area contributed by atoms with Crippen molar-refractivity contribution in [1.82, 2.24) is 0 Å². The second kappa shape index (κ2) is 5.00. The van der Waals surface area contributed by atoms with Crippen molar-refractivity contribution in [3.8, 4) is 5.75 Å². The number of aromatic hydroxyl groups is 1. The molecule has 0 aliphatic heterocycles. The number of phenolic OH excluding ortho intramolecular Hbond substituents is 1. The van der Waals surface area contributed by atoms with Gasteiger partial charge in [0.1, 0.15) is 10.6 Å². The van der Waals surface area contributed by atoms with Gasteiger partial charge >= 0.3 is 0 Å². The third-order valence-corrected chi connectivity index (χ3v) is 4.20. The quantitative estimate of drug-likeness (QED) is 0.818. The van der Waals surface area contributed by atoms with E-state index in [1.807, 2.05) is 25.3 Å². The van der Waals surface area contributed by atoms with E-state index in [0.29, 0.717) is 15.6 Å². The third kappa shape index (κ3) is 2.49. The van der Waals surface area contributed by atoms with Gasteiger partial charge in [0.2, 0.25) is 0 Å². The van der Waals surface area contributed by atoms with Crippen molar-refractivity contribution in [2.24, 2.45) is 0 Å². The molecule has 3 nitrogen and oxygen atoms in total. The van der Waals surface area contributed by atoms with E-state index in [2.05, 4.69) is 5.32 Å². The van der Waals surface area contributed by atoms with Gasteiger partial charge in [0.15, 0.2) is 0 Å². The molecule has 0 aliphatic rings. The van der Waals surface area contributed by atoms with Crippen molar-refractivity contribution in [3.63, 3.8) is 0 Å². The first-order valence-electron chi connectivity index (χ1n) is 5.33. The Morgan fingerprint density at radius 3 is 2.67 bits per heavy atom. The molecule has 2 N–H and O–H groups in total. The number of anilines is 1. The number of halogens is 1. The van der Waals surface area contributed by atoms with Gasteiger partial charge in [-0.1, -0.05) is 17.7 Å². The molecule has 2 rings (SSSR count). The molecule has 0 unspecified atom stereocenters. The number of hydrogen-bond donors (Lipinski definition) is 2. The van der Waals surface area contributed by atoms with Gasteiger partial charge in [-0.3, -0.25) is 4.79 Å². The van der Waals surface area contributed by atoms with Gasteiger partial charge in [-0.15, -0.1) is 11.3 Å². The summed E-state index contributed by atoms with van der Waals surface area (Å²) in [6.45, 7) is 3.71. The van der Waals surface area contributed by atoms with Crippen LogP contribution in [0.25, 0.3) is 0 Å². The Hall–Kier alpha value is -1.52. The molecular formula is C13H12ClNO2S. The lowest BCUT2D eigenvalue weighted by Crippen LogP contribution is -2.10. The van der Waals surface area contributed by atoms with E-state index in [-0.39, 0.29) is 11.7 Å². The van der Waals surface area contributed by atoms with E-state index < -0.39 is 0 Å². The monoisotopic (exact) mass is 281 g/mol. The van der Waals surface area contributed by atoms with Crippen LogP contribution in [-0.2, 0) is 0 Å². The first-order valence-corrected chi connectivity index (χ1v) is 6.59. The predicted molar refractivity (Wildman–Crippen MR) is 74.9 cm³/mol. The normalized spacial score (nSPS) is 10.4. The zero-order valence-electron chi connectivity index (χ0n) is 9.95. The van der Waals surface area contributed by atoms with Crippen molar-refractivity contribution in [3.05, 3.63) is 44.6 Å². The molecule has 1 aromatic heterocycles. The first kappa shape index (κ1) is 12.9. The molecule has 94 valence electrons. The lowest BCUT2D eigenvalue weighted by atomic mass is 10.2. The lowest BCUT2D eigenvalue weighted by molar-refractivity contribution is 0.103. The number of hydrogen-bond acceptors (Lipinski definition) is 3. The number of amides is 1. The molecule has 0 saturated carbocycles. The number of benzene rings is 1. The molecule has 0 aliphatic carbocycles. The van der Waals surface area contributed by atoms with Crippen LogP contribution in [0.3, 0.4) is 0 Å². The molecule has 0 bridgehead atoms. The summed E-state index contributed by atoms with van der Waals surface area (Å²) in [6, 6.07) is 5.07. The second-order valence-electron chi connectivity index (χ2n) is 4.04. The minimum Gasteiger partial charge on any atom is -0.506 e. The Balaban J connectivity index is 2.24. The molecule has 0 fully saturated rings. The van der Waals surface area contributed by atoms with E-state index in [4.69, 9.17) is 11.6 Å². The highest BCUT2D eigenvalue weighted by atomic mass is 35.5. The van der Waals surface area contributed by atoms with Gasteiger partial charge in [0.25, 0.3) is 5.91 Å². The van der Waals surface area contributed by atoms with E-state index >= 15 is 0 Å². The highest BCUT2D eigenvalue weighted by Crippen LogP contribution is 2.29. The number of rotatable bonds is 2. The lowest BCUT2D eigenvalue weighted by Gasteiger charge is -2.07. The van der Waals surface area contributed by atoms with Crippen LogP contribution in [0, 0.1) is 13.8 Å². The minimum absolute atomic E-state index is 0.0488. The summed E-state index contributed by atoms with van der Waals surface area (Å²) >= 11 is 7.31. The topological polar surface area (TPSA) is 49.3 Å². The van der Waals surface area contributed by atoms with E-state index in [0.717, 1.165) is 11.1 Å². The summed E-state index contributed by atoms with van der Waals surface area (Å²) in [5.41, 5.74) is 2.18. The van der Waals surface area contributed by atoms with E-state index in [1.54, 1.807) is 12.1 Å². The van der Waals surface area contributed by atoms with Crippen LogP contribution < -0.4 is 5.32 Å². The fourth-order valence-corrected chi connectivity index (χ4v) is 2.68. The molecule has 1 heterocycles. The third-order valence-electron chi connectivity index (χ3n) is 2.51. The van der Waals surface area contributed by atoms with Crippen LogP contribution in [0.4, 0.5) is 5.69 Å². The Labute approximate surface area is 114 Å². The number of nitrogens with one attached hydrogen (secondary N) is 1. The molecule has 0 spiro atoms. The predicted octanol–water partition coefficient (Wildman–Crippen LogP) is 3.98. The maximum absolute atomic E-state index is 12.0. The molecule has 5 heteroatoms. The number of phenols is 1. The van der Waals surface area contributed by atoms with Crippen molar-refractivity contribution < 1.29 is 9.90 Å². The zero-order valence-corrected chi connectivity index (χ0v) is 11.5.